The van der Waals surface area contributed by atoms with Crippen molar-refractivity contribution in [3.05, 3.63) is 12.0 Å². The molecule has 6 nitrogen and oxygen atoms in total. The standard InChI is InChI=1S/C11H18FN5O/c1-4-5-14-11-15-6-8(12)10(16-11)17(3)7-9(18)13-2/h6H,4-5,7H2,1-3H3,(H,13,18)(H,14,15,16). The normalized spacial score (nSPS) is 10.0. The number of nitrogens with one attached hydrogen (secondary N) is 2. The first-order valence-electron chi connectivity index (χ1n) is 5.76. The Hall–Kier alpha value is -1.92. The van der Waals surface area contributed by atoms with Crippen molar-refractivity contribution < 1.29 is 9.18 Å². The molecule has 18 heavy (non-hydrogen) atoms. The molecule has 1 heterocycles. The summed E-state index contributed by atoms with van der Waals surface area (Å²) in [6.07, 6.45) is 2.02. The zero-order chi connectivity index (χ0) is 13.5. The van der Waals surface area contributed by atoms with Gasteiger partial charge in [-0.1, -0.05) is 6.92 Å². The van der Waals surface area contributed by atoms with Gasteiger partial charge in [0.25, 0.3) is 0 Å². The fourth-order valence-corrected chi connectivity index (χ4v) is 1.32. The van der Waals surface area contributed by atoms with E-state index in [1.54, 1.807) is 7.05 Å². The van der Waals surface area contributed by atoms with Crippen LogP contribution in [0.15, 0.2) is 6.20 Å². The summed E-state index contributed by atoms with van der Waals surface area (Å²) in [4.78, 5) is 20.5. The van der Waals surface area contributed by atoms with Gasteiger partial charge in [0, 0.05) is 20.6 Å². The van der Waals surface area contributed by atoms with Crippen LogP contribution in [0.3, 0.4) is 0 Å². The van der Waals surface area contributed by atoms with Crippen molar-refractivity contribution >= 4 is 17.7 Å². The van der Waals surface area contributed by atoms with Gasteiger partial charge in [0.05, 0.1) is 12.7 Å². The summed E-state index contributed by atoms with van der Waals surface area (Å²) in [7, 11) is 3.13. The van der Waals surface area contributed by atoms with Crippen molar-refractivity contribution in [3.8, 4) is 0 Å². The Bertz CT molecular complexity index is 412. The molecule has 0 fully saturated rings. The number of aromatic nitrogens is 2. The summed E-state index contributed by atoms with van der Waals surface area (Å²) in [5.74, 6) is -0.300. The first-order valence-corrected chi connectivity index (χ1v) is 5.76. The fourth-order valence-electron chi connectivity index (χ4n) is 1.32. The average Bonchev–Trinajstić information content (AvgIpc) is 2.37. The van der Waals surface area contributed by atoms with Crippen LogP contribution >= 0.6 is 0 Å². The van der Waals surface area contributed by atoms with E-state index >= 15 is 0 Å². The van der Waals surface area contributed by atoms with Crippen LogP contribution in [0.4, 0.5) is 16.2 Å². The van der Waals surface area contributed by atoms with Gasteiger partial charge < -0.3 is 15.5 Å². The first-order chi connectivity index (χ1) is 8.58. The lowest BCUT2D eigenvalue weighted by Crippen LogP contribution is -2.34. The number of anilines is 2. The quantitative estimate of drug-likeness (QED) is 0.780. The molecular formula is C11H18FN5O. The lowest BCUT2D eigenvalue weighted by atomic mass is 10.4. The minimum atomic E-state index is -0.552. The van der Waals surface area contributed by atoms with Crippen molar-refractivity contribution in [2.24, 2.45) is 0 Å². The van der Waals surface area contributed by atoms with Crippen LogP contribution in [0, 0.1) is 5.82 Å². The third kappa shape index (κ3) is 3.83. The van der Waals surface area contributed by atoms with E-state index in [-0.39, 0.29) is 18.3 Å². The van der Waals surface area contributed by atoms with Crippen molar-refractivity contribution in [1.82, 2.24) is 15.3 Å². The zero-order valence-electron chi connectivity index (χ0n) is 10.8. The number of rotatable bonds is 6. The van der Waals surface area contributed by atoms with E-state index in [9.17, 15) is 9.18 Å². The maximum absolute atomic E-state index is 13.6. The molecule has 0 saturated carbocycles. The highest BCUT2D eigenvalue weighted by Gasteiger charge is 2.13. The molecule has 0 unspecified atom stereocenters. The third-order valence-electron chi connectivity index (χ3n) is 2.28. The SMILES string of the molecule is CCCNc1ncc(F)c(N(C)CC(=O)NC)n1. The van der Waals surface area contributed by atoms with E-state index in [0.717, 1.165) is 12.6 Å². The number of amides is 1. The van der Waals surface area contributed by atoms with Crippen LogP contribution < -0.4 is 15.5 Å². The maximum atomic E-state index is 13.6. The molecule has 0 saturated heterocycles. The van der Waals surface area contributed by atoms with Crippen molar-refractivity contribution in [3.63, 3.8) is 0 Å². The van der Waals surface area contributed by atoms with Crippen LogP contribution in [0.25, 0.3) is 0 Å². The molecule has 7 heteroatoms. The molecular weight excluding hydrogens is 237 g/mol. The highest BCUT2D eigenvalue weighted by Crippen LogP contribution is 2.15. The summed E-state index contributed by atoms with van der Waals surface area (Å²) in [5.41, 5.74) is 0. The predicted octanol–water partition coefficient (Wildman–Crippen LogP) is 0.620. The second-order valence-electron chi connectivity index (χ2n) is 3.82. The average molecular weight is 255 g/mol. The minimum Gasteiger partial charge on any atom is -0.358 e. The molecule has 0 atom stereocenters. The molecule has 0 aliphatic rings. The van der Waals surface area contributed by atoms with Crippen molar-refractivity contribution in [2.75, 3.05) is 37.4 Å². The number of halogens is 1. The fraction of sp³-hybridized carbons (Fsp3) is 0.545. The van der Waals surface area contributed by atoms with Crippen LogP contribution in [-0.2, 0) is 4.79 Å². The molecule has 0 aliphatic carbocycles. The molecule has 0 spiro atoms. The Kier molecular flexibility index (Phi) is 5.29. The molecule has 0 aliphatic heterocycles. The summed E-state index contributed by atoms with van der Waals surface area (Å²) in [6, 6.07) is 0. The molecule has 1 amide bonds. The predicted molar refractivity (Wildman–Crippen MR) is 68.1 cm³/mol. The lowest BCUT2D eigenvalue weighted by molar-refractivity contribution is -0.119. The molecule has 1 aromatic heterocycles. The maximum Gasteiger partial charge on any atom is 0.239 e. The topological polar surface area (TPSA) is 70.2 Å². The van der Waals surface area contributed by atoms with Crippen molar-refractivity contribution in [1.29, 1.82) is 0 Å². The Balaban J connectivity index is 2.82. The number of nitrogens with zero attached hydrogens (tertiary/aromatic N) is 3. The van der Waals surface area contributed by atoms with Gasteiger partial charge in [-0.2, -0.15) is 4.98 Å². The highest BCUT2D eigenvalue weighted by atomic mass is 19.1. The van der Waals surface area contributed by atoms with E-state index < -0.39 is 5.82 Å². The highest BCUT2D eigenvalue weighted by molar-refractivity contribution is 5.80. The Morgan fingerprint density at radius 3 is 2.89 bits per heavy atom. The first kappa shape index (κ1) is 14.1. The number of likely N-dealkylation sites (N-methyl/N-ethyl adjacent to an activating group) is 2. The molecule has 0 bridgehead atoms. The third-order valence-corrected chi connectivity index (χ3v) is 2.28. The summed E-state index contributed by atoms with van der Waals surface area (Å²) >= 11 is 0. The number of carbonyl (C=O) groups is 1. The monoisotopic (exact) mass is 255 g/mol. The zero-order valence-corrected chi connectivity index (χ0v) is 10.8. The van der Waals surface area contributed by atoms with E-state index in [1.807, 2.05) is 6.92 Å². The molecule has 0 aromatic carbocycles. The smallest absolute Gasteiger partial charge is 0.239 e. The van der Waals surface area contributed by atoms with Gasteiger partial charge in [0.2, 0.25) is 11.9 Å². The van der Waals surface area contributed by atoms with E-state index in [2.05, 4.69) is 20.6 Å². The molecule has 1 aromatic rings. The van der Waals surface area contributed by atoms with Gasteiger partial charge in [0.15, 0.2) is 11.6 Å². The van der Waals surface area contributed by atoms with E-state index in [0.29, 0.717) is 12.5 Å². The minimum absolute atomic E-state index is 0.0393. The van der Waals surface area contributed by atoms with Gasteiger partial charge in [-0.05, 0) is 6.42 Å². The van der Waals surface area contributed by atoms with Crippen molar-refractivity contribution in [2.45, 2.75) is 13.3 Å². The van der Waals surface area contributed by atoms with E-state index in [4.69, 9.17) is 0 Å². The summed E-state index contributed by atoms with van der Waals surface area (Å²) in [6.45, 7) is 2.76. The van der Waals surface area contributed by atoms with Gasteiger partial charge in [-0.3, -0.25) is 4.79 Å². The summed E-state index contributed by atoms with van der Waals surface area (Å²) < 4.78 is 13.6. The van der Waals surface area contributed by atoms with Gasteiger partial charge in [0.1, 0.15) is 0 Å². The van der Waals surface area contributed by atoms with Gasteiger partial charge >= 0.3 is 0 Å². The van der Waals surface area contributed by atoms with Crippen LogP contribution in [0.2, 0.25) is 0 Å². The van der Waals surface area contributed by atoms with Crippen LogP contribution in [-0.4, -0.2) is 43.1 Å². The lowest BCUT2D eigenvalue weighted by Gasteiger charge is -2.18. The van der Waals surface area contributed by atoms with Crippen LogP contribution in [0.1, 0.15) is 13.3 Å². The largest absolute Gasteiger partial charge is 0.358 e. The Morgan fingerprint density at radius 2 is 2.28 bits per heavy atom. The second-order valence-corrected chi connectivity index (χ2v) is 3.82. The number of hydrogen-bond acceptors (Lipinski definition) is 5. The van der Waals surface area contributed by atoms with Gasteiger partial charge in [-0.25, -0.2) is 9.37 Å². The Morgan fingerprint density at radius 1 is 1.56 bits per heavy atom. The molecule has 1 rings (SSSR count). The second kappa shape index (κ2) is 6.73. The summed E-state index contributed by atoms with van der Waals surface area (Å²) in [5, 5.41) is 5.44. The van der Waals surface area contributed by atoms with Crippen LogP contribution in [0.5, 0.6) is 0 Å². The molecule has 2 N–H and O–H groups in total. The number of hydrogen-bond donors (Lipinski definition) is 2. The van der Waals surface area contributed by atoms with Gasteiger partial charge in [-0.15, -0.1) is 0 Å². The number of carbonyl (C=O) groups excluding carboxylic acids is 1. The Labute approximate surface area is 106 Å². The molecule has 0 radical (unpaired) electrons. The molecule has 100 valence electrons. The van der Waals surface area contributed by atoms with E-state index in [1.165, 1.54) is 11.9 Å².